The normalized spacial score (nSPS) is 21.2. The number of phenolic OH excluding ortho intramolecular Hbond substituents is 1. The number of hydrogen-bond acceptors (Lipinski definition) is 3. The van der Waals surface area contributed by atoms with Crippen LogP contribution in [-0.2, 0) is 6.54 Å². The largest absolute Gasteiger partial charge is 0.508 e. The van der Waals surface area contributed by atoms with Gasteiger partial charge in [-0.3, -0.25) is 0 Å². The van der Waals surface area contributed by atoms with Gasteiger partial charge in [-0.05, 0) is 23.3 Å². The lowest BCUT2D eigenvalue weighted by Gasteiger charge is -2.25. The number of phenols is 1. The molecule has 0 fully saturated rings. The number of fused-ring (bicyclic) bond motifs is 1. The molecule has 4 N–H and O–H groups in total. The van der Waals surface area contributed by atoms with Gasteiger partial charge >= 0.3 is 0 Å². The van der Waals surface area contributed by atoms with Crippen molar-refractivity contribution in [1.29, 1.82) is 0 Å². The van der Waals surface area contributed by atoms with Gasteiger partial charge in [-0.2, -0.15) is 0 Å². The molecule has 13 heavy (non-hydrogen) atoms. The minimum absolute atomic E-state index is 0.332. The predicted molar refractivity (Wildman–Crippen MR) is 51.6 cm³/mol. The average Bonchev–Trinajstić information content (AvgIpc) is 2.16. The van der Waals surface area contributed by atoms with Crippen molar-refractivity contribution in [3.63, 3.8) is 0 Å². The number of nitrogens with one attached hydrogen (secondary N) is 1. The maximum atomic E-state index is 9.29. The molecule has 3 heteroatoms. The van der Waals surface area contributed by atoms with E-state index in [1.54, 1.807) is 6.07 Å². The molecule has 0 aliphatic carbocycles. The lowest BCUT2D eigenvalue weighted by Crippen LogP contribution is -2.32. The highest BCUT2D eigenvalue weighted by Gasteiger charge is 2.18. The van der Waals surface area contributed by atoms with Crippen molar-refractivity contribution in [3.05, 3.63) is 29.3 Å². The third kappa shape index (κ3) is 1.53. The van der Waals surface area contributed by atoms with Gasteiger partial charge in [-0.1, -0.05) is 6.07 Å². The Morgan fingerprint density at radius 3 is 3.15 bits per heavy atom. The first-order valence-corrected chi connectivity index (χ1v) is 4.54. The van der Waals surface area contributed by atoms with Gasteiger partial charge in [0.2, 0.25) is 0 Å². The molecule has 3 nitrogen and oxygen atoms in total. The molecule has 1 aliphatic heterocycles. The Morgan fingerprint density at radius 1 is 1.54 bits per heavy atom. The molecule has 0 aromatic heterocycles. The first kappa shape index (κ1) is 8.53. The number of hydrogen-bond donors (Lipinski definition) is 3. The van der Waals surface area contributed by atoms with Crippen molar-refractivity contribution in [2.24, 2.45) is 5.73 Å². The van der Waals surface area contributed by atoms with E-state index in [1.165, 1.54) is 11.1 Å². The van der Waals surface area contributed by atoms with Crippen LogP contribution < -0.4 is 11.1 Å². The Kier molecular flexibility index (Phi) is 2.20. The minimum Gasteiger partial charge on any atom is -0.508 e. The van der Waals surface area contributed by atoms with E-state index in [4.69, 9.17) is 5.73 Å². The van der Waals surface area contributed by atoms with Crippen molar-refractivity contribution < 1.29 is 5.11 Å². The average molecular weight is 178 g/mol. The summed E-state index contributed by atoms with van der Waals surface area (Å²) in [6.07, 6.45) is 0. The summed E-state index contributed by atoms with van der Waals surface area (Å²) in [4.78, 5) is 0. The van der Waals surface area contributed by atoms with Crippen LogP contribution in [0.2, 0.25) is 0 Å². The van der Waals surface area contributed by atoms with Crippen LogP contribution in [0.3, 0.4) is 0 Å². The summed E-state index contributed by atoms with van der Waals surface area (Å²) < 4.78 is 0. The molecule has 0 spiro atoms. The van der Waals surface area contributed by atoms with Crippen molar-refractivity contribution in [2.75, 3.05) is 13.1 Å². The van der Waals surface area contributed by atoms with Crippen LogP contribution in [0.15, 0.2) is 18.2 Å². The lowest BCUT2D eigenvalue weighted by molar-refractivity contribution is 0.470. The molecular weight excluding hydrogens is 164 g/mol. The maximum Gasteiger partial charge on any atom is 0.115 e. The minimum atomic E-state index is 0.332. The topological polar surface area (TPSA) is 58.3 Å². The molecule has 0 bridgehead atoms. The number of rotatable bonds is 1. The summed E-state index contributed by atoms with van der Waals surface area (Å²) in [7, 11) is 0. The third-order valence-corrected chi connectivity index (χ3v) is 2.56. The quantitative estimate of drug-likeness (QED) is 0.588. The van der Waals surface area contributed by atoms with Gasteiger partial charge in [0.1, 0.15) is 5.75 Å². The zero-order valence-corrected chi connectivity index (χ0v) is 7.46. The van der Waals surface area contributed by atoms with E-state index < -0.39 is 0 Å². The fraction of sp³-hybridized carbons (Fsp3) is 0.400. The Balaban J connectivity index is 2.40. The first-order valence-electron chi connectivity index (χ1n) is 4.54. The summed E-state index contributed by atoms with van der Waals surface area (Å²) in [5.41, 5.74) is 8.10. The number of nitrogens with two attached hydrogens (primary N) is 1. The molecule has 1 aliphatic rings. The standard InChI is InChI=1S/C10H14N2O/c11-4-8-6-12-5-7-3-9(13)1-2-10(7)8/h1-3,8,12-13H,4-6,11H2. The molecule has 0 saturated carbocycles. The zero-order valence-electron chi connectivity index (χ0n) is 7.46. The second-order valence-corrected chi connectivity index (χ2v) is 3.45. The van der Waals surface area contributed by atoms with Crippen LogP contribution in [0, 0.1) is 0 Å². The van der Waals surface area contributed by atoms with Crippen LogP contribution in [0.1, 0.15) is 17.0 Å². The highest BCUT2D eigenvalue weighted by Crippen LogP contribution is 2.26. The van der Waals surface area contributed by atoms with Gasteiger partial charge in [-0.15, -0.1) is 0 Å². The molecule has 1 atom stereocenters. The van der Waals surface area contributed by atoms with Crippen LogP contribution in [0.4, 0.5) is 0 Å². The van der Waals surface area contributed by atoms with Crippen LogP contribution in [0.25, 0.3) is 0 Å². The van der Waals surface area contributed by atoms with Crippen LogP contribution in [0.5, 0.6) is 5.75 Å². The van der Waals surface area contributed by atoms with Crippen molar-refractivity contribution in [3.8, 4) is 5.75 Å². The number of benzene rings is 1. The SMILES string of the molecule is NCC1CNCc2cc(O)ccc21. The molecule has 1 unspecified atom stereocenters. The van der Waals surface area contributed by atoms with Gasteiger partial charge < -0.3 is 16.2 Å². The monoisotopic (exact) mass is 178 g/mol. The van der Waals surface area contributed by atoms with Gasteiger partial charge in [-0.25, -0.2) is 0 Å². The molecule has 0 amide bonds. The second kappa shape index (κ2) is 3.36. The van der Waals surface area contributed by atoms with Crippen molar-refractivity contribution in [2.45, 2.75) is 12.5 Å². The van der Waals surface area contributed by atoms with Gasteiger partial charge in [0.25, 0.3) is 0 Å². The van der Waals surface area contributed by atoms with E-state index in [2.05, 4.69) is 5.32 Å². The molecule has 1 heterocycles. The van der Waals surface area contributed by atoms with Crippen molar-refractivity contribution in [1.82, 2.24) is 5.32 Å². The Labute approximate surface area is 77.6 Å². The molecule has 2 rings (SSSR count). The highest BCUT2D eigenvalue weighted by molar-refractivity contribution is 5.38. The van der Waals surface area contributed by atoms with Crippen LogP contribution >= 0.6 is 0 Å². The lowest BCUT2D eigenvalue weighted by atomic mass is 9.91. The fourth-order valence-corrected chi connectivity index (χ4v) is 1.84. The van der Waals surface area contributed by atoms with Crippen molar-refractivity contribution >= 4 is 0 Å². The fourth-order valence-electron chi connectivity index (χ4n) is 1.84. The first-order chi connectivity index (χ1) is 6.31. The molecular formula is C10H14N2O. The third-order valence-electron chi connectivity index (χ3n) is 2.56. The van der Waals surface area contributed by atoms with E-state index in [0.717, 1.165) is 13.1 Å². The summed E-state index contributed by atoms with van der Waals surface area (Å²) in [6, 6.07) is 5.51. The molecule has 70 valence electrons. The predicted octanol–water partition coefficient (Wildman–Crippen LogP) is 0.538. The van der Waals surface area contributed by atoms with E-state index in [-0.39, 0.29) is 0 Å². The molecule has 0 radical (unpaired) electrons. The Hall–Kier alpha value is -1.06. The van der Waals surface area contributed by atoms with Crippen LogP contribution in [-0.4, -0.2) is 18.2 Å². The summed E-state index contributed by atoms with van der Waals surface area (Å²) in [5, 5.41) is 12.6. The smallest absolute Gasteiger partial charge is 0.115 e. The second-order valence-electron chi connectivity index (χ2n) is 3.45. The summed E-state index contributed by atoms with van der Waals surface area (Å²) in [5.74, 6) is 0.725. The Morgan fingerprint density at radius 2 is 2.38 bits per heavy atom. The van der Waals surface area contributed by atoms with Gasteiger partial charge in [0.15, 0.2) is 0 Å². The Bertz CT molecular complexity index is 312. The van der Waals surface area contributed by atoms with E-state index in [9.17, 15) is 5.11 Å². The van der Waals surface area contributed by atoms with E-state index in [0.29, 0.717) is 18.2 Å². The molecule has 1 aromatic carbocycles. The van der Waals surface area contributed by atoms with E-state index in [1.807, 2.05) is 12.1 Å². The number of aromatic hydroxyl groups is 1. The molecule has 1 aromatic rings. The van der Waals surface area contributed by atoms with E-state index >= 15 is 0 Å². The van der Waals surface area contributed by atoms with Gasteiger partial charge in [0.05, 0.1) is 0 Å². The zero-order chi connectivity index (χ0) is 9.26. The van der Waals surface area contributed by atoms with Gasteiger partial charge in [0, 0.05) is 25.6 Å². The highest BCUT2D eigenvalue weighted by atomic mass is 16.3. The summed E-state index contributed by atoms with van der Waals surface area (Å²) >= 11 is 0. The summed E-state index contributed by atoms with van der Waals surface area (Å²) in [6.45, 7) is 2.43. The maximum absolute atomic E-state index is 9.29. The molecule has 0 saturated heterocycles.